The number of fused-ring (bicyclic) bond motifs is 1. The molecule has 0 spiro atoms. The van der Waals surface area contributed by atoms with Crippen LogP contribution in [0.5, 0.6) is 5.75 Å². The predicted octanol–water partition coefficient (Wildman–Crippen LogP) is 1.49. The zero-order valence-corrected chi connectivity index (χ0v) is 12.6. The molecular weight excluding hydrogens is 296 g/mol. The monoisotopic (exact) mass is 314 g/mol. The molecule has 0 atom stereocenters. The summed E-state index contributed by atoms with van der Waals surface area (Å²) in [7, 11) is 0. The molecule has 0 saturated heterocycles. The van der Waals surface area contributed by atoms with Crippen molar-refractivity contribution in [3.05, 3.63) is 57.5 Å². The van der Waals surface area contributed by atoms with E-state index in [4.69, 9.17) is 9.84 Å². The van der Waals surface area contributed by atoms with Crippen molar-refractivity contribution in [1.82, 2.24) is 4.98 Å². The third-order valence-corrected chi connectivity index (χ3v) is 3.84. The summed E-state index contributed by atoms with van der Waals surface area (Å²) < 4.78 is 5.25. The molecule has 1 aromatic carbocycles. The number of carbonyl (C=O) groups is 1. The Morgan fingerprint density at radius 1 is 1.26 bits per heavy atom. The maximum atomic E-state index is 12.3. The Labute approximate surface area is 133 Å². The molecule has 0 fully saturated rings. The van der Waals surface area contributed by atoms with Gasteiger partial charge in [0.25, 0.3) is 5.91 Å². The summed E-state index contributed by atoms with van der Waals surface area (Å²) in [5, 5.41) is 11.4. The third-order valence-electron chi connectivity index (χ3n) is 3.84. The van der Waals surface area contributed by atoms with E-state index in [0.717, 1.165) is 30.5 Å². The summed E-state index contributed by atoms with van der Waals surface area (Å²) in [5.41, 5.74) is 2.19. The van der Waals surface area contributed by atoms with Crippen LogP contribution in [-0.2, 0) is 12.8 Å². The number of nitrogens with one attached hydrogen (secondary N) is 2. The van der Waals surface area contributed by atoms with Gasteiger partial charge < -0.3 is 20.1 Å². The highest BCUT2D eigenvalue weighted by molar-refractivity contribution is 6.04. The smallest absolute Gasteiger partial charge is 0.261 e. The van der Waals surface area contributed by atoms with Crippen molar-refractivity contribution in [3.63, 3.8) is 0 Å². The number of hydrogen-bond acceptors (Lipinski definition) is 4. The van der Waals surface area contributed by atoms with Gasteiger partial charge in [0.2, 0.25) is 0 Å². The number of anilines is 1. The lowest BCUT2D eigenvalue weighted by Crippen LogP contribution is -2.24. The van der Waals surface area contributed by atoms with Crippen LogP contribution < -0.4 is 15.5 Å². The van der Waals surface area contributed by atoms with Gasteiger partial charge in [0.15, 0.2) is 5.43 Å². The van der Waals surface area contributed by atoms with Crippen LogP contribution in [0.1, 0.15) is 28.0 Å². The number of pyridine rings is 1. The highest BCUT2D eigenvalue weighted by atomic mass is 16.5. The normalized spacial score (nSPS) is 12.7. The Morgan fingerprint density at radius 2 is 2.04 bits per heavy atom. The molecule has 0 aliphatic heterocycles. The minimum absolute atomic E-state index is 0.0560. The Bertz CT molecular complexity index is 765. The van der Waals surface area contributed by atoms with Crippen LogP contribution in [0.2, 0.25) is 0 Å². The zero-order valence-electron chi connectivity index (χ0n) is 12.6. The van der Waals surface area contributed by atoms with Crippen molar-refractivity contribution in [2.24, 2.45) is 0 Å². The Morgan fingerprint density at radius 3 is 2.78 bits per heavy atom. The molecule has 1 heterocycles. The second-order valence-electron chi connectivity index (χ2n) is 5.39. The maximum absolute atomic E-state index is 12.3. The fourth-order valence-corrected chi connectivity index (χ4v) is 2.71. The van der Waals surface area contributed by atoms with Gasteiger partial charge in [-0.05, 0) is 43.5 Å². The SMILES string of the molecule is O=C(Nc1ccc(OCCO)cc1)c1c[nH]c2c(c1=O)CCC2. The Hall–Kier alpha value is -2.60. The number of aromatic amines is 1. The van der Waals surface area contributed by atoms with Crippen molar-refractivity contribution in [1.29, 1.82) is 0 Å². The number of hydrogen-bond donors (Lipinski definition) is 3. The first-order valence-corrected chi connectivity index (χ1v) is 7.57. The molecule has 0 saturated carbocycles. The van der Waals surface area contributed by atoms with Gasteiger partial charge in [-0.1, -0.05) is 0 Å². The van der Waals surface area contributed by atoms with Crippen LogP contribution in [0.4, 0.5) is 5.69 Å². The molecule has 1 aromatic heterocycles. The topological polar surface area (TPSA) is 91.4 Å². The molecule has 0 radical (unpaired) electrons. The lowest BCUT2D eigenvalue weighted by atomic mass is 10.1. The van der Waals surface area contributed by atoms with E-state index in [0.29, 0.717) is 11.4 Å². The van der Waals surface area contributed by atoms with Crippen molar-refractivity contribution < 1.29 is 14.6 Å². The summed E-state index contributed by atoms with van der Waals surface area (Å²) in [5.74, 6) is 0.178. The van der Waals surface area contributed by atoms with E-state index in [1.807, 2.05) is 0 Å². The number of aryl methyl sites for hydroxylation is 1. The third kappa shape index (κ3) is 3.27. The van der Waals surface area contributed by atoms with Gasteiger partial charge >= 0.3 is 0 Å². The number of aliphatic hydroxyl groups excluding tert-OH is 1. The molecule has 0 unspecified atom stereocenters. The van der Waals surface area contributed by atoms with Gasteiger partial charge in [-0.15, -0.1) is 0 Å². The van der Waals surface area contributed by atoms with E-state index in [2.05, 4.69) is 10.3 Å². The number of rotatable bonds is 5. The van der Waals surface area contributed by atoms with Crippen LogP contribution in [-0.4, -0.2) is 29.2 Å². The summed E-state index contributed by atoms with van der Waals surface area (Å²) >= 11 is 0. The summed E-state index contributed by atoms with van der Waals surface area (Å²) in [6.07, 6.45) is 4.02. The van der Waals surface area contributed by atoms with E-state index in [9.17, 15) is 9.59 Å². The fourth-order valence-electron chi connectivity index (χ4n) is 2.71. The fraction of sp³-hybridized carbons (Fsp3) is 0.294. The lowest BCUT2D eigenvalue weighted by Gasteiger charge is -2.08. The van der Waals surface area contributed by atoms with E-state index in [-0.39, 0.29) is 24.2 Å². The second kappa shape index (κ2) is 6.66. The molecule has 1 aliphatic rings. The number of amides is 1. The minimum Gasteiger partial charge on any atom is -0.491 e. The molecule has 6 nitrogen and oxygen atoms in total. The predicted molar refractivity (Wildman–Crippen MR) is 86.1 cm³/mol. The van der Waals surface area contributed by atoms with Gasteiger partial charge in [-0.2, -0.15) is 0 Å². The van der Waals surface area contributed by atoms with E-state index < -0.39 is 5.91 Å². The summed E-state index contributed by atoms with van der Waals surface area (Å²) in [6.45, 7) is 0.163. The minimum atomic E-state index is -0.426. The van der Waals surface area contributed by atoms with Crippen LogP contribution in [0, 0.1) is 0 Å². The highest BCUT2D eigenvalue weighted by Gasteiger charge is 2.20. The molecule has 3 N–H and O–H groups in total. The molecular formula is C17H18N2O4. The summed E-state index contributed by atoms with van der Waals surface area (Å²) in [4.78, 5) is 27.7. The first-order valence-electron chi connectivity index (χ1n) is 7.57. The molecule has 0 bridgehead atoms. The second-order valence-corrected chi connectivity index (χ2v) is 5.39. The van der Waals surface area contributed by atoms with Gasteiger partial charge in [-0.3, -0.25) is 9.59 Å². The zero-order chi connectivity index (χ0) is 16.2. The number of ether oxygens (including phenoxy) is 1. The average molecular weight is 314 g/mol. The quantitative estimate of drug-likeness (QED) is 0.779. The number of H-pyrrole nitrogens is 1. The molecule has 120 valence electrons. The molecule has 2 aromatic rings. The largest absolute Gasteiger partial charge is 0.491 e. The van der Waals surface area contributed by atoms with Crippen LogP contribution in [0.15, 0.2) is 35.3 Å². The first-order chi connectivity index (χ1) is 11.2. The van der Waals surface area contributed by atoms with Crippen molar-refractivity contribution in [3.8, 4) is 5.75 Å². The van der Waals surface area contributed by atoms with Gasteiger partial charge in [-0.25, -0.2) is 0 Å². The molecule has 1 aliphatic carbocycles. The van der Waals surface area contributed by atoms with Crippen molar-refractivity contribution >= 4 is 11.6 Å². The van der Waals surface area contributed by atoms with E-state index >= 15 is 0 Å². The number of aromatic nitrogens is 1. The van der Waals surface area contributed by atoms with Crippen LogP contribution >= 0.6 is 0 Å². The number of benzene rings is 1. The first kappa shape index (κ1) is 15.3. The van der Waals surface area contributed by atoms with Crippen LogP contribution in [0.25, 0.3) is 0 Å². The molecule has 3 rings (SSSR count). The van der Waals surface area contributed by atoms with Crippen molar-refractivity contribution in [2.75, 3.05) is 18.5 Å². The van der Waals surface area contributed by atoms with Crippen molar-refractivity contribution in [2.45, 2.75) is 19.3 Å². The molecule has 23 heavy (non-hydrogen) atoms. The van der Waals surface area contributed by atoms with E-state index in [1.54, 1.807) is 24.3 Å². The standard InChI is InChI=1S/C17H18N2O4/c20-8-9-23-12-6-4-11(5-7-12)19-17(22)14-10-18-15-3-1-2-13(15)16(14)21/h4-7,10,20H,1-3,8-9H2,(H,18,21)(H,19,22). The number of aliphatic hydroxyl groups is 1. The van der Waals surface area contributed by atoms with Crippen LogP contribution in [0.3, 0.4) is 0 Å². The maximum Gasteiger partial charge on any atom is 0.261 e. The van der Waals surface area contributed by atoms with Gasteiger partial charge in [0.1, 0.15) is 17.9 Å². The summed E-state index contributed by atoms with van der Waals surface area (Å²) in [6, 6.07) is 6.76. The Kier molecular flexibility index (Phi) is 4.43. The van der Waals surface area contributed by atoms with Gasteiger partial charge in [0.05, 0.1) is 6.61 Å². The highest BCUT2D eigenvalue weighted by Crippen LogP contribution is 2.18. The van der Waals surface area contributed by atoms with Gasteiger partial charge in [0, 0.05) is 23.1 Å². The number of carbonyl (C=O) groups excluding carboxylic acids is 1. The van der Waals surface area contributed by atoms with E-state index in [1.165, 1.54) is 6.20 Å². The molecule has 1 amide bonds. The lowest BCUT2D eigenvalue weighted by molar-refractivity contribution is 0.102. The average Bonchev–Trinajstić information content (AvgIpc) is 3.04. The molecule has 6 heteroatoms. The Balaban J connectivity index is 1.73.